The monoisotopic (exact) mass is 371 g/mol. The van der Waals surface area contributed by atoms with Crippen molar-refractivity contribution in [2.45, 2.75) is 12.8 Å². The van der Waals surface area contributed by atoms with Gasteiger partial charge >= 0.3 is 5.84 Å². The summed E-state index contributed by atoms with van der Waals surface area (Å²) >= 11 is 0. The van der Waals surface area contributed by atoms with E-state index in [-0.39, 0.29) is 30.5 Å². The maximum atomic E-state index is 11.7. The number of hydrogen-bond acceptors (Lipinski definition) is 4. The van der Waals surface area contributed by atoms with Gasteiger partial charge in [-0.3, -0.25) is 10.2 Å². The summed E-state index contributed by atoms with van der Waals surface area (Å²) < 4.78 is 1.80. The molecule has 4 N–H and O–H groups in total. The predicted molar refractivity (Wildman–Crippen MR) is 105 cm³/mol. The number of para-hydroxylation sites is 3. The number of amidine groups is 1. The SMILES string of the molecule is C=CCc1cccc(C=[N+]2C(CC(=O)NN)=Nc3ccccc32)c1O.Cl. The minimum atomic E-state index is -0.338. The van der Waals surface area contributed by atoms with Crippen LogP contribution in [0.5, 0.6) is 5.75 Å². The predicted octanol–water partition coefficient (Wildman–Crippen LogP) is 2.73. The van der Waals surface area contributed by atoms with E-state index in [9.17, 15) is 9.90 Å². The van der Waals surface area contributed by atoms with Crippen molar-refractivity contribution >= 4 is 41.7 Å². The molecular weight excluding hydrogens is 352 g/mol. The van der Waals surface area contributed by atoms with Gasteiger partial charge in [0.1, 0.15) is 18.4 Å². The fraction of sp³-hybridized carbons (Fsp3) is 0.105. The van der Waals surface area contributed by atoms with Crippen LogP contribution in [0.2, 0.25) is 0 Å². The van der Waals surface area contributed by atoms with Crippen LogP contribution in [0.25, 0.3) is 0 Å². The van der Waals surface area contributed by atoms with E-state index in [2.05, 4.69) is 17.0 Å². The molecule has 2 aromatic rings. The Morgan fingerprint density at radius 3 is 2.77 bits per heavy atom. The Balaban J connectivity index is 0.00000243. The maximum Gasteiger partial charge on any atom is 0.314 e. The summed E-state index contributed by atoms with van der Waals surface area (Å²) in [4.78, 5) is 16.2. The molecule has 0 aromatic heterocycles. The molecule has 0 bridgehead atoms. The van der Waals surface area contributed by atoms with Crippen molar-refractivity contribution in [1.82, 2.24) is 5.43 Å². The van der Waals surface area contributed by atoms with Gasteiger partial charge in [0.25, 0.3) is 0 Å². The quantitative estimate of drug-likeness (QED) is 0.248. The van der Waals surface area contributed by atoms with E-state index in [4.69, 9.17) is 5.84 Å². The number of carbonyl (C=O) groups excluding carboxylic acids is 1. The average molecular weight is 372 g/mol. The molecule has 0 saturated heterocycles. The first kappa shape index (κ1) is 19.4. The van der Waals surface area contributed by atoms with E-state index in [1.54, 1.807) is 16.9 Å². The van der Waals surface area contributed by atoms with Crippen LogP contribution in [-0.4, -0.2) is 27.6 Å². The molecule has 0 radical (unpaired) electrons. The summed E-state index contributed by atoms with van der Waals surface area (Å²) in [7, 11) is 0. The lowest BCUT2D eigenvalue weighted by atomic mass is 10.1. The zero-order chi connectivity index (χ0) is 17.8. The van der Waals surface area contributed by atoms with Gasteiger partial charge < -0.3 is 5.11 Å². The molecule has 1 aliphatic rings. The maximum absolute atomic E-state index is 11.7. The standard InChI is InChI=1S/C19H18N4O2.ClH/c1-2-6-13-7-5-8-14(19(13)25)12-23-16-10-4-3-9-15(16)21-17(23)11-18(24)22-20;/h2-5,7-10,12H,1,6,11,20H2,(H,22,24);1H/p+1. The van der Waals surface area contributed by atoms with Crippen molar-refractivity contribution in [3.8, 4) is 5.75 Å². The molecule has 7 heteroatoms. The summed E-state index contributed by atoms with van der Waals surface area (Å²) in [6.07, 6.45) is 4.12. The molecule has 0 aliphatic carbocycles. The lowest BCUT2D eigenvalue weighted by Gasteiger charge is -2.06. The zero-order valence-electron chi connectivity index (χ0n) is 14.1. The molecule has 6 nitrogen and oxygen atoms in total. The van der Waals surface area contributed by atoms with Crippen LogP contribution >= 0.6 is 12.4 Å². The summed E-state index contributed by atoms with van der Waals surface area (Å²) in [5.74, 6) is 5.59. The van der Waals surface area contributed by atoms with E-state index < -0.39 is 0 Å². The molecule has 1 heterocycles. The molecule has 2 aromatic carbocycles. The Morgan fingerprint density at radius 1 is 1.27 bits per heavy atom. The molecule has 0 spiro atoms. The highest BCUT2D eigenvalue weighted by Gasteiger charge is 2.31. The summed E-state index contributed by atoms with van der Waals surface area (Å²) in [6, 6.07) is 13.1. The third kappa shape index (κ3) is 3.82. The Labute approximate surface area is 157 Å². The smallest absolute Gasteiger partial charge is 0.314 e. The molecule has 1 amide bonds. The number of rotatable bonds is 5. The van der Waals surface area contributed by atoms with Crippen LogP contribution < -0.4 is 11.3 Å². The number of amides is 1. The third-order valence-corrected chi connectivity index (χ3v) is 3.93. The molecule has 3 rings (SSSR count). The Morgan fingerprint density at radius 2 is 2.04 bits per heavy atom. The Bertz CT molecular complexity index is 906. The lowest BCUT2D eigenvalue weighted by Crippen LogP contribution is -2.33. The number of aliphatic imine (C=N–C) groups is 1. The number of phenolic OH excluding ortho intramolecular Hbond substituents is 1. The fourth-order valence-corrected chi connectivity index (χ4v) is 2.73. The van der Waals surface area contributed by atoms with Gasteiger partial charge in [-0.15, -0.1) is 19.0 Å². The lowest BCUT2D eigenvalue weighted by molar-refractivity contribution is -0.296. The highest BCUT2D eigenvalue weighted by molar-refractivity contribution is 6.02. The summed E-state index contributed by atoms with van der Waals surface area (Å²) in [5.41, 5.74) is 5.15. The normalized spacial score (nSPS) is 13.6. The second-order valence-electron chi connectivity index (χ2n) is 5.61. The van der Waals surface area contributed by atoms with Crippen LogP contribution in [0, 0.1) is 0 Å². The highest BCUT2D eigenvalue weighted by Crippen LogP contribution is 2.34. The van der Waals surface area contributed by atoms with Crippen molar-refractivity contribution < 1.29 is 14.5 Å². The molecule has 0 unspecified atom stereocenters. The number of nitrogens with two attached hydrogens (primary N) is 1. The van der Waals surface area contributed by atoms with Crippen LogP contribution in [0.1, 0.15) is 17.5 Å². The molecule has 26 heavy (non-hydrogen) atoms. The van der Waals surface area contributed by atoms with Gasteiger partial charge in [0, 0.05) is 0 Å². The minimum absolute atomic E-state index is 0. The van der Waals surface area contributed by atoms with Crippen molar-refractivity contribution in [3.63, 3.8) is 0 Å². The number of hydrazine groups is 1. The molecule has 134 valence electrons. The number of aromatic hydroxyl groups is 1. The van der Waals surface area contributed by atoms with Crippen molar-refractivity contribution in [2.24, 2.45) is 10.8 Å². The number of fused-ring (bicyclic) bond motifs is 1. The van der Waals surface area contributed by atoms with Crippen LogP contribution in [0.4, 0.5) is 11.4 Å². The number of benzene rings is 2. The van der Waals surface area contributed by atoms with Crippen molar-refractivity contribution in [1.29, 1.82) is 0 Å². The largest absolute Gasteiger partial charge is 0.507 e. The second-order valence-corrected chi connectivity index (χ2v) is 5.61. The van der Waals surface area contributed by atoms with E-state index in [0.29, 0.717) is 17.8 Å². The molecule has 0 atom stereocenters. The van der Waals surface area contributed by atoms with Crippen LogP contribution in [0.3, 0.4) is 0 Å². The second kappa shape index (κ2) is 8.42. The molecular formula is C19H20ClN4O2+. The molecule has 0 fully saturated rings. The third-order valence-electron chi connectivity index (χ3n) is 3.93. The van der Waals surface area contributed by atoms with Crippen molar-refractivity contribution in [3.05, 3.63) is 66.2 Å². The first-order valence-corrected chi connectivity index (χ1v) is 7.86. The number of carbonyl (C=O) groups is 1. The number of nitrogens with zero attached hydrogens (tertiary/aromatic N) is 2. The number of allylic oxidation sites excluding steroid dienone is 1. The average Bonchev–Trinajstić information content (AvgIpc) is 2.95. The van der Waals surface area contributed by atoms with Gasteiger partial charge in [-0.05, 0) is 35.2 Å². The van der Waals surface area contributed by atoms with E-state index in [1.807, 2.05) is 42.5 Å². The molecule has 0 saturated carbocycles. The van der Waals surface area contributed by atoms with E-state index in [1.165, 1.54) is 0 Å². The zero-order valence-corrected chi connectivity index (χ0v) is 14.9. The fourth-order valence-electron chi connectivity index (χ4n) is 2.73. The number of hydrogen-bond donors (Lipinski definition) is 3. The van der Waals surface area contributed by atoms with Crippen LogP contribution in [0.15, 0.2) is 60.1 Å². The first-order valence-electron chi connectivity index (χ1n) is 7.86. The van der Waals surface area contributed by atoms with Gasteiger partial charge in [-0.1, -0.05) is 30.3 Å². The summed E-state index contributed by atoms with van der Waals surface area (Å²) in [5, 5.41) is 10.5. The first-order chi connectivity index (χ1) is 12.1. The Hall–Kier alpha value is -2.96. The van der Waals surface area contributed by atoms with Gasteiger partial charge in [-0.25, -0.2) is 5.84 Å². The number of nitrogens with one attached hydrogen (secondary N) is 1. The van der Waals surface area contributed by atoms with Gasteiger partial charge in [0.2, 0.25) is 11.6 Å². The summed E-state index contributed by atoms with van der Waals surface area (Å²) in [6.45, 7) is 3.71. The van der Waals surface area contributed by atoms with Gasteiger partial charge in [0.05, 0.1) is 5.56 Å². The van der Waals surface area contributed by atoms with E-state index >= 15 is 0 Å². The van der Waals surface area contributed by atoms with Crippen LogP contribution in [-0.2, 0) is 11.2 Å². The van der Waals surface area contributed by atoms with Gasteiger partial charge in [-0.2, -0.15) is 4.58 Å². The highest BCUT2D eigenvalue weighted by atomic mass is 35.5. The topological polar surface area (TPSA) is 90.7 Å². The number of phenols is 1. The molecule has 1 aliphatic heterocycles. The Kier molecular flexibility index (Phi) is 6.27. The van der Waals surface area contributed by atoms with Gasteiger partial charge in [0.15, 0.2) is 5.69 Å². The number of halogens is 1. The minimum Gasteiger partial charge on any atom is -0.507 e. The van der Waals surface area contributed by atoms with E-state index in [0.717, 1.165) is 16.9 Å². The van der Waals surface area contributed by atoms with Crippen molar-refractivity contribution in [2.75, 3.05) is 0 Å².